The molecule has 0 saturated carbocycles. The highest BCUT2D eigenvalue weighted by atomic mass is 79.9. The van der Waals surface area contributed by atoms with Crippen LogP contribution in [0.4, 0.5) is 0 Å². The van der Waals surface area contributed by atoms with Gasteiger partial charge in [0.1, 0.15) is 0 Å². The quantitative estimate of drug-likeness (QED) is 0.802. The van der Waals surface area contributed by atoms with Gasteiger partial charge in [-0.1, -0.05) is 15.9 Å². The fraction of sp³-hybridized carbons (Fsp3) is 0.100. The summed E-state index contributed by atoms with van der Waals surface area (Å²) in [5, 5.41) is 10.6. The van der Waals surface area contributed by atoms with Crippen LogP contribution in [0.15, 0.2) is 27.1 Å². The first kappa shape index (κ1) is 9.93. The third kappa shape index (κ3) is 1.53. The second-order valence-electron chi connectivity index (χ2n) is 3.02. The molecule has 4 heteroatoms. The predicted octanol–water partition coefficient (Wildman–Crippen LogP) is 3.77. The molecule has 0 radical (unpaired) electrons. The molecule has 1 aromatic heterocycles. The summed E-state index contributed by atoms with van der Waals surface area (Å²) in [6.45, 7) is 1.78. The number of halogens is 2. The van der Waals surface area contributed by atoms with Gasteiger partial charge in [0.05, 0.1) is 15.7 Å². The van der Waals surface area contributed by atoms with Crippen molar-refractivity contribution in [3.8, 4) is 5.75 Å². The molecule has 0 aliphatic carbocycles. The van der Waals surface area contributed by atoms with Crippen LogP contribution in [0.2, 0.25) is 0 Å². The molecule has 0 bridgehead atoms. The summed E-state index contributed by atoms with van der Waals surface area (Å²) in [7, 11) is 0. The monoisotopic (exact) mass is 315 g/mol. The lowest BCUT2D eigenvalue weighted by molar-refractivity contribution is 0.465. The van der Waals surface area contributed by atoms with Gasteiger partial charge in [-0.15, -0.1) is 0 Å². The maximum absolute atomic E-state index is 9.67. The molecule has 0 unspecified atom stereocenters. The summed E-state index contributed by atoms with van der Waals surface area (Å²) < 4.78 is 1.66. The Bertz CT molecular complexity index is 511. The molecule has 0 atom stereocenters. The van der Waals surface area contributed by atoms with E-state index >= 15 is 0 Å². The van der Waals surface area contributed by atoms with Crippen LogP contribution in [0.5, 0.6) is 5.75 Å². The normalized spacial score (nSPS) is 10.8. The molecule has 0 aliphatic heterocycles. The van der Waals surface area contributed by atoms with Gasteiger partial charge in [-0.2, -0.15) is 0 Å². The third-order valence-electron chi connectivity index (χ3n) is 2.03. The number of hydrogen-bond donors (Lipinski definition) is 1. The second kappa shape index (κ2) is 3.51. The number of aromatic nitrogens is 1. The first-order valence-corrected chi connectivity index (χ1v) is 5.62. The molecule has 2 rings (SSSR count). The van der Waals surface area contributed by atoms with Crippen molar-refractivity contribution in [2.24, 2.45) is 0 Å². The minimum atomic E-state index is 0.204. The standard InChI is InChI=1S/C10H7Br2NO/c1-5-10(14)9(12)7-4-6(11)2-3-8(7)13-5/h2-4,14H,1H3. The van der Waals surface area contributed by atoms with Crippen molar-refractivity contribution in [2.45, 2.75) is 6.92 Å². The van der Waals surface area contributed by atoms with Gasteiger partial charge in [0.25, 0.3) is 0 Å². The molecule has 0 aliphatic rings. The number of aromatic hydroxyl groups is 1. The van der Waals surface area contributed by atoms with Crippen molar-refractivity contribution in [3.63, 3.8) is 0 Å². The van der Waals surface area contributed by atoms with E-state index in [9.17, 15) is 5.11 Å². The average Bonchev–Trinajstić information content (AvgIpc) is 2.16. The van der Waals surface area contributed by atoms with Gasteiger partial charge in [0.2, 0.25) is 0 Å². The summed E-state index contributed by atoms with van der Waals surface area (Å²) >= 11 is 6.73. The number of benzene rings is 1. The maximum atomic E-state index is 9.67. The lowest BCUT2D eigenvalue weighted by Gasteiger charge is -2.05. The van der Waals surface area contributed by atoms with Gasteiger partial charge in [-0.25, -0.2) is 4.98 Å². The van der Waals surface area contributed by atoms with E-state index in [4.69, 9.17) is 0 Å². The van der Waals surface area contributed by atoms with Crippen LogP contribution in [0.1, 0.15) is 5.69 Å². The number of hydrogen-bond acceptors (Lipinski definition) is 2. The average molecular weight is 317 g/mol. The van der Waals surface area contributed by atoms with E-state index in [1.165, 1.54) is 0 Å². The van der Waals surface area contributed by atoms with Gasteiger partial charge < -0.3 is 5.11 Å². The number of pyridine rings is 1. The molecule has 0 spiro atoms. The topological polar surface area (TPSA) is 33.1 Å². The first-order chi connectivity index (χ1) is 6.59. The van der Waals surface area contributed by atoms with Crippen molar-refractivity contribution >= 4 is 42.8 Å². The number of fused-ring (bicyclic) bond motifs is 1. The van der Waals surface area contributed by atoms with Crippen LogP contribution in [0, 0.1) is 6.92 Å². The SMILES string of the molecule is Cc1nc2ccc(Br)cc2c(Br)c1O. The first-order valence-electron chi connectivity index (χ1n) is 4.04. The van der Waals surface area contributed by atoms with Gasteiger partial charge in [-0.3, -0.25) is 0 Å². The summed E-state index contributed by atoms with van der Waals surface area (Å²) in [6.07, 6.45) is 0. The highest BCUT2D eigenvalue weighted by Gasteiger charge is 2.08. The molecule has 0 amide bonds. The second-order valence-corrected chi connectivity index (χ2v) is 4.73. The summed E-state index contributed by atoms with van der Waals surface area (Å²) in [6, 6.07) is 5.76. The number of nitrogens with zero attached hydrogens (tertiary/aromatic N) is 1. The molecule has 2 nitrogen and oxygen atoms in total. The highest BCUT2D eigenvalue weighted by molar-refractivity contribution is 9.11. The van der Waals surface area contributed by atoms with Crippen molar-refractivity contribution in [3.05, 3.63) is 32.8 Å². The van der Waals surface area contributed by atoms with E-state index in [1.54, 1.807) is 6.92 Å². The molecule has 1 heterocycles. The maximum Gasteiger partial charge on any atom is 0.151 e. The Labute approximate surface area is 98.2 Å². The van der Waals surface area contributed by atoms with E-state index in [2.05, 4.69) is 36.8 Å². The summed E-state index contributed by atoms with van der Waals surface area (Å²) in [5.41, 5.74) is 1.50. The Morgan fingerprint density at radius 3 is 2.71 bits per heavy atom. The van der Waals surface area contributed by atoms with E-state index < -0.39 is 0 Å². The van der Waals surface area contributed by atoms with Gasteiger partial charge in [0.15, 0.2) is 5.75 Å². The molecule has 2 aromatic rings. The molecular formula is C10H7Br2NO. The minimum absolute atomic E-state index is 0.204. The zero-order valence-corrected chi connectivity index (χ0v) is 10.6. The summed E-state index contributed by atoms with van der Waals surface area (Å²) in [4.78, 5) is 4.28. The zero-order valence-electron chi connectivity index (χ0n) is 7.38. The molecule has 1 aromatic carbocycles. The van der Waals surface area contributed by atoms with E-state index in [0.717, 1.165) is 15.4 Å². The van der Waals surface area contributed by atoms with Crippen molar-refractivity contribution < 1.29 is 5.11 Å². The van der Waals surface area contributed by atoms with Crippen molar-refractivity contribution in [1.82, 2.24) is 4.98 Å². The Hall–Kier alpha value is -0.610. The third-order valence-corrected chi connectivity index (χ3v) is 3.33. The molecule has 0 fully saturated rings. The van der Waals surface area contributed by atoms with Gasteiger partial charge >= 0.3 is 0 Å². The zero-order chi connectivity index (χ0) is 10.3. The Morgan fingerprint density at radius 2 is 2.00 bits per heavy atom. The number of aryl methyl sites for hydroxylation is 1. The van der Waals surface area contributed by atoms with E-state index in [0.29, 0.717) is 10.2 Å². The Morgan fingerprint density at radius 1 is 1.29 bits per heavy atom. The van der Waals surface area contributed by atoms with E-state index in [-0.39, 0.29) is 5.75 Å². The Kier molecular flexibility index (Phi) is 2.49. The molecule has 0 saturated heterocycles. The molecule has 72 valence electrons. The van der Waals surface area contributed by atoms with Crippen molar-refractivity contribution in [1.29, 1.82) is 0 Å². The predicted molar refractivity (Wildman–Crippen MR) is 63.5 cm³/mol. The van der Waals surface area contributed by atoms with Crippen LogP contribution < -0.4 is 0 Å². The molecule has 1 N–H and O–H groups in total. The largest absolute Gasteiger partial charge is 0.505 e. The van der Waals surface area contributed by atoms with Crippen LogP contribution in [0.3, 0.4) is 0 Å². The lowest BCUT2D eigenvalue weighted by Crippen LogP contribution is -1.86. The number of rotatable bonds is 0. The summed E-state index contributed by atoms with van der Waals surface area (Å²) in [5.74, 6) is 0.204. The fourth-order valence-electron chi connectivity index (χ4n) is 1.30. The highest BCUT2D eigenvalue weighted by Crippen LogP contribution is 2.34. The van der Waals surface area contributed by atoms with Crippen LogP contribution in [-0.2, 0) is 0 Å². The van der Waals surface area contributed by atoms with Gasteiger partial charge in [0, 0.05) is 9.86 Å². The van der Waals surface area contributed by atoms with Crippen LogP contribution in [0.25, 0.3) is 10.9 Å². The van der Waals surface area contributed by atoms with Crippen molar-refractivity contribution in [2.75, 3.05) is 0 Å². The van der Waals surface area contributed by atoms with E-state index in [1.807, 2.05) is 18.2 Å². The fourth-order valence-corrected chi connectivity index (χ4v) is 2.27. The lowest BCUT2D eigenvalue weighted by atomic mass is 10.2. The van der Waals surface area contributed by atoms with Crippen LogP contribution >= 0.6 is 31.9 Å². The minimum Gasteiger partial charge on any atom is -0.505 e. The molecular weight excluding hydrogens is 310 g/mol. The van der Waals surface area contributed by atoms with Gasteiger partial charge in [-0.05, 0) is 41.1 Å². The smallest absolute Gasteiger partial charge is 0.151 e. The van der Waals surface area contributed by atoms with Crippen LogP contribution in [-0.4, -0.2) is 10.1 Å². The Balaban J connectivity index is 2.92. The molecule has 14 heavy (non-hydrogen) atoms.